The number of anilines is 1. The number of benzene rings is 2. The molecule has 0 unspecified atom stereocenters. The van der Waals surface area contributed by atoms with Gasteiger partial charge in [0.1, 0.15) is 10.9 Å². The van der Waals surface area contributed by atoms with Crippen LogP contribution in [-0.4, -0.2) is 36.2 Å². The van der Waals surface area contributed by atoms with Crippen LogP contribution in [-0.2, 0) is 14.8 Å². The van der Waals surface area contributed by atoms with Gasteiger partial charge in [0.2, 0.25) is 15.9 Å². The zero-order valence-electron chi connectivity index (χ0n) is 17.0. The second-order valence-corrected chi connectivity index (χ2v) is 8.94. The van der Waals surface area contributed by atoms with Crippen LogP contribution >= 0.6 is 0 Å². The van der Waals surface area contributed by atoms with Crippen molar-refractivity contribution in [2.24, 2.45) is 0 Å². The van der Waals surface area contributed by atoms with Crippen LogP contribution in [0.1, 0.15) is 25.0 Å². The summed E-state index contributed by atoms with van der Waals surface area (Å²) < 4.78 is 28.0. The highest BCUT2D eigenvalue weighted by Crippen LogP contribution is 2.26. The minimum absolute atomic E-state index is 0.104. The van der Waals surface area contributed by atoms with E-state index < -0.39 is 16.1 Å². The lowest BCUT2D eigenvalue weighted by molar-refractivity contribution is -0.119. The molecule has 0 aliphatic carbocycles. The molecule has 0 radical (unpaired) electrons. The molecule has 1 atom stereocenters. The van der Waals surface area contributed by atoms with E-state index in [0.717, 1.165) is 16.5 Å². The van der Waals surface area contributed by atoms with Crippen LogP contribution in [0.4, 0.5) is 5.69 Å². The first-order valence-corrected chi connectivity index (χ1v) is 10.9. The van der Waals surface area contributed by atoms with Gasteiger partial charge in [-0.3, -0.25) is 9.78 Å². The van der Waals surface area contributed by atoms with E-state index in [1.165, 1.54) is 10.4 Å². The van der Waals surface area contributed by atoms with Gasteiger partial charge in [0.25, 0.3) is 0 Å². The van der Waals surface area contributed by atoms with Gasteiger partial charge in [-0.25, -0.2) is 8.42 Å². The molecule has 3 aromatic rings. The molecule has 0 fully saturated rings. The third kappa shape index (κ3) is 4.31. The smallest absolute Gasteiger partial charge is 0.245 e. The Hall–Kier alpha value is -2.77. The van der Waals surface area contributed by atoms with Gasteiger partial charge >= 0.3 is 0 Å². The normalized spacial score (nSPS) is 12.9. The summed E-state index contributed by atoms with van der Waals surface area (Å²) in [6, 6.07) is 13.4. The zero-order chi connectivity index (χ0) is 21.2. The Morgan fingerprint density at radius 2 is 1.79 bits per heavy atom. The molecule has 152 valence electrons. The Labute approximate surface area is 171 Å². The number of carbonyl (C=O) groups excluding carboxylic acids is 1. The third-order valence-electron chi connectivity index (χ3n) is 4.84. The lowest BCUT2D eigenvalue weighted by atomic mass is 10.2. The summed E-state index contributed by atoms with van der Waals surface area (Å²) in [5, 5.41) is 3.54. The number of para-hydroxylation sites is 1. The number of hydrogen-bond donors (Lipinski definition) is 1. The van der Waals surface area contributed by atoms with E-state index in [-0.39, 0.29) is 17.3 Å². The van der Waals surface area contributed by atoms with Gasteiger partial charge in [0, 0.05) is 23.8 Å². The molecule has 0 bridgehead atoms. The number of amides is 1. The van der Waals surface area contributed by atoms with E-state index in [4.69, 9.17) is 0 Å². The minimum Gasteiger partial charge on any atom is -0.325 e. The molecule has 1 heterocycles. The topological polar surface area (TPSA) is 79.4 Å². The van der Waals surface area contributed by atoms with Crippen molar-refractivity contribution < 1.29 is 13.2 Å². The Kier molecular flexibility index (Phi) is 6.00. The second-order valence-electron chi connectivity index (χ2n) is 7.08. The summed E-state index contributed by atoms with van der Waals surface area (Å²) >= 11 is 0. The number of fused-ring (bicyclic) bond motifs is 1. The molecular weight excluding hydrogens is 386 g/mol. The first kappa shape index (κ1) is 21.0. The van der Waals surface area contributed by atoms with E-state index in [1.54, 1.807) is 38.2 Å². The highest BCUT2D eigenvalue weighted by molar-refractivity contribution is 7.89. The molecule has 1 N–H and O–H groups in total. The van der Waals surface area contributed by atoms with Crippen molar-refractivity contribution in [1.82, 2.24) is 9.29 Å². The fraction of sp³-hybridized carbons (Fsp3) is 0.273. The van der Waals surface area contributed by atoms with E-state index >= 15 is 0 Å². The molecule has 3 rings (SSSR count). The number of pyridine rings is 1. The summed E-state index contributed by atoms with van der Waals surface area (Å²) in [6.45, 7) is 7.33. The number of hydrogen-bond acceptors (Lipinski definition) is 4. The van der Waals surface area contributed by atoms with Gasteiger partial charge < -0.3 is 5.32 Å². The quantitative estimate of drug-likeness (QED) is 0.667. The summed E-state index contributed by atoms with van der Waals surface area (Å²) in [6.07, 6.45) is 1.64. The Morgan fingerprint density at radius 3 is 2.45 bits per heavy atom. The number of nitrogens with zero attached hydrogens (tertiary/aromatic N) is 2. The third-order valence-corrected chi connectivity index (χ3v) is 6.92. The Morgan fingerprint density at radius 1 is 1.10 bits per heavy atom. The number of rotatable bonds is 6. The average molecular weight is 412 g/mol. The molecule has 7 heteroatoms. The largest absolute Gasteiger partial charge is 0.325 e. The molecule has 0 aliphatic rings. The second kappa shape index (κ2) is 8.31. The number of carbonyl (C=O) groups is 1. The molecule has 0 saturated heterocycles. The SMILES string of the molecule is CCN([C@@H](C)C(=O)Nc1ccc(C)cc1)S(=O)(=O)c1cccc2cc(C)cnc12. The number of sulfonamides is 1. The van der Waals surface area contributed by atoms with E-state index in [9.17, 15) is 13.2 Å². The van der Waals surface area contributed by atoms with Gasteiger partial charge in [0.15, 0.2) is 0 Å². The maximum atomic E-state index is 13.4. The van der Waals surface area contributed by atoms with Crippen molar-refractivity contribution in [2.75, 3.05) is 11.9 Å². The Balaban J connectivity index is 1.93. The van der Waals surface area contributed by atoms with Gasteiger partial charge in [0.05, 0.1) is 5.52 Å². The molecular formula is C22H25N3O3S. The zero-order valence-corrected chi connectivity index (χ0v) is 17.8. The summed E-state index contributed by atoms with van der Waals surface area (Å²) in [5.41, 5.74) is 3.06. The van der Waals surface area contributed by atoms with E-state index in [1.807, 2.05) is 38.1 Å². The molecule has 0 spiro atoms. The van der Waals surface area contributed by atoms with Crippen molar-refractivity contribution in [3.63, 3.8) is 0 Å². The van der Waals surface area contributed by atoms with E-state index in [0.29, 0.717) is 11.2 Å². The number of aryl methyl sites for hydroxylation is 2. The molecule has 2 aromatic carbocycles. The van der Waals surface area contributed by atoms with Crippen LogP contribution < -0.4 is 5.32 Å². The summed E-state index contributed by atoms with van der Waals surface area (Å²) in [4.78, 5) is 17.2. The predicted octanol–water partition coefficient (Wildman–Crippen LogP) is 3.89. The van der Waals surface area contributed by atoms with Crippen LogP contribution in [0.5, 0.6) is 0 Å². The maximum absolute atomic E-state index is 13.4. The number of aromatic nitrogens is 1. The van der Waals surface area contributed by atoms with Crippen LogP contribution in [0, 0.1) is 13.8 Å². The molecule has 1 aromatic heterocycles. The molecule has 29 heavy (non-hydrogen) atoms. The van der Waals surface area contributed by atoms with Crippen molar-refractivity contribution in [1.29, 1.82) is 0 Å². The lowest BCUT2D eigenvalue weighted by Crippen LogP contribution is -2.45. The van der Waals surface area contributed by atoms with Crippen molar-refractivity contribution in [3.8, 4) is 0 Å². The monoisotopic (exact) mass is 411 g/mol. The van der Waals surface area contributed by atoms with Gasteiger partial charge in [-0.15, -0.1) is 0 Å². The predicted molar refractivity (Wildman–Crippen MR) is 115 cm³/mol. The fourth-order valence-corrected chi connectivity index (χ4v) is 5.01. The van der Waals surface area contributed by atoms with Crippen LogP contribution in [0.25, 0.3) is 10.9 Å². The summed E-state index contributed by atoms with van der Waals surface area (Å²) in [7, 11) is -3.92. The highest BCUT2D eigenvalue weighted by Gasteiger charge is 2.33. The van der Waals surface area contributed by atoms with E-state index in [2.05, 4.69) is 10.3 Å². The molecule has 0 aliphatic heterocycles. The fourth-order valence-electron chi connectivity index (χ4n) is 3.24. The standard InChI is InChI=1S/C22H25N3O3S/c1-5-25(17(4)22(26)24-19-11-9-15(2)10-12-19)29(27,28)20-8-6-7-18-13-16(3)14-23-21(18)20/h6-14,17H,5H2,1-4H3,(H,24,26)/t17-/m0/s1. The van der Waals surface area contributed by atoms with Gasteiger partial charge in [-0.1, -0.05) is 36.8 Å². The number of likely N-dealkylation sites (N-methyl/N-ethyl adjacent to an activating group) is 1. The van der Waals surface area contributed by atoms with Crippen LogP contribution in [0.2, 0.25) is 0 Å². The average Bonchev–Trinajstić information content (AvgIpc) is 2.69. The lowest BCUT2D eigenvalue weighted by Gasteiger charge is -2.26. The first-order valence-electron chi connectivity index (χ1n) is 9.48. The Bertz CT molecular complexity index is 1140. The van der Waals surface area contributed by atoms with Crippen molar-refractivity contribution in [2.45, 2.75) is 38.6 Å². The number of nitrogens with one attached hydrogen (secondary N) is 1. The van der Waals surface area contributed by atoms with Crippen LogP contribution in [0.15, 0.2) is 59.6 Å². The maximum Gasteiger partial charge on any atom is 0.245 e. The summed E-state index contributed by atoms with van der Waals surface area (Å²) in [5.74, 6) is -0.386. The molecule has 0 saturated carbocycles. The van der Waals surface area contributed by atoms with Crippen molar-refractivity contribution in [3.05, 3.63) is 65.9 Å². The van der Waals surface area contributed by atoms with Crippen LogP contribution in [0.3, 0.4) is 0 Å². The van der Waals surface area contributed by atoms with Gasteiger partial charge in [-0.2, -0.15) is 4.31 Å². The molecule has 6 nitrogen and oxygen atoms in total. The highest BCUT2D eigenvalue weighted by atomic mass is 32.2. The van der Waals surface area contributed by atoms with Gasteiger partial charge in [-0.05, 0) is 50.6 Å². The minimum atomic E-state index is -3.92. The first-order chi connectivity index (χ1) is 13.7. The molecule has 1 amide bonds. The van der Waals surface area contributed by atoms with Crippen molar-refractivity contribution >= 4 is 32.5 Å².